The molecule has 4 heteroatoms. The normalized spacial score (nSPS) is 13.6. The second-order valence-corrected chi connectivity index (χ2v) is 5.09. The molecule has 22 heavy (non-hydrogen) atoms. The molecule has 2 aromatic rings. The van der Waals surface area contributed by atoms with Gasteiger partial charge in [-0.25, -0.2) is 4.79 Å². The van der Waals surface area contributed by atoms with E-state index >= 15 is 0 Å². The fraction of sp³-hybridized carbons (Fsp3) is 0.222. The maximum atomic E-state index is 11.9. The van der Waals surface area contributed by atoms with E-state index in [-0.39, 0.29) is 0 Å². The van der Waals surface area contributed by atoms with E-state index in [1.807, 2.05) is 36.4 Å². The molecule has 0 amide bonds. The minimum absolute atomic E-state index is 0.327. The summed E-state index contributed by atoms with van der Waals surface area (Å²) in [5.41, 5.74) is 2.39. The first kappa shape index (κ1) is 14.3. The van der Waals surface area contributed by atoms with Crippen molar-refractivity contribution >= 4 is 11.5 Å². The number of methoxy groups -OCH3 is 1. The quantitative estimate of drug-likeness (QED) is 0.792. The van der Waals surface area contributed by atoms with Gasteiger partial charge in [-0.3, -0.25) is 4.98 Å². The summed E-state index contributed by atoms with van der Waals surface area (Å²) in [6, 6.07) is 11.2. The Bertz CT molecular complexity index is 708. The average molecular weight is 295 g/mol. The third kappa shape index (κ3) is 3.01. The number of carbonyl (C=O) groups excluding carboxylic acids is 1. The highest BCUT2D eigenvalue weighted by Gasteiger charge is 2.18. The Balaban J connectivity index is 1.99. The molecule has 0 bridgehead atoms. The van der Waals surface area contributed by atoms with Gasteiger partial charge in [0.1, 0.15) is 17.1 Å². The van der Waals surface area contributed by atoms with Crippen LogP contribution in [0.4, 0.5) is 0 Å². The minimum atomic E-state index is -0.453. The highest BCUT2D eigenvalue weighted by molar-refractivity contribution is 5.92. The van der Waals surface area contributed by atoms with Crippen molar-refractivity contribution in [3.63, 3.8) is 0 Å². The summed E-state index contributed by atoms with van der Waals surface area (Å²) in [5, 5.41) is 0. The van der Waals surface area contributed by atoms with Crippen LogP contribution in [0.5, 0.6) is 11.5 Å². The van der Waals surface area contributed by atoms with Crippen molar-refractivity contribution in [1.29, 1.82) is 0 Å². The fourth-order valence-electron chi connectivity index (χ4n) is 2.48. The first-order valence-electron chi connectivity index (χ1n) is 7.28. The Morgan fingerprint density at radius 2 is 2.05 bits per heavy atom. The number of allylic oxidation sites excluding steroid dienone is 2. The number of pyridine rings is 1. The van der Waals surface area contributed by atoms with Gasteiger partial charge in [-0.2, -0.15) is 0 Å². The zero-order chi connectivity index (χ0) is 15.4. The largest absolute Gasteiger partial charge is 0.465 e. The number of carbonyl (C=O) groups is 1. The highest BCUT2D eigenvalue weighted by Crippen LogP contribution is 2.32. The standard InChI is InChI=1S/C18H17NO3/c1-21-18(20)15-12-19-16(13-7-5-6-8-13)11-17(15)22-14-9-3-2-4-10-14/h2-4,7,9-12H,5-6,8H2,1H3. The molecule has 0 N–H and O–H groups in total. The topological polar surface area (TPSA) is 48.4 Å². The molecular formula is C18H17NO3. The lowest BCUT2D eigenvalue weighted by atomic mass is 10.1. The van der Waals surface area contributed by atoms with Crippen LogP contribution in [0.2, 0.25) is 0 Å². The molecule has 1 aromatic heterocycles. The van der Waals surface area contributed by atoms with Crippen LogP contribution in [0.3, 0.4) is 0 Å². The van der Waals surface area contributed by atoms with Crippen molar-refractivity contribution < 1.29 is 14.3 Å². The molecule has 3 rings (SSSR count). The van der Waals surface area contributed by atoms with Crippen LogP contribution in [-0.4, -0.2) is 18.1 Å². The van der Waals surface area contributed by atoms with Crippen molar-refractivity contribution in [3.05, 3.63) is 59.9 Å². The third-order valence-corrected chi connectivity index (χ3v) is 3.61. The fourth-order valence-corrected chi connectivity index (χ4v) is 2.48. The average Bonchev–Trinajstić information content (AvgIpc) is 3.09. The van der Waals surface area contributed by atoms with Crippen LogP contribution in [-0.2, 0) is 4.74 Å². The maximum absolute atomic E-state index is 11.9. The number of para-hydroxylation sites is 1. The van der Waals surface area contributed by atoms with Crippen LogP contribution < -0.4 is 4.74 Å². The van der Waals surface area contributed by atoms with Crippen molar-refractivity contribution in [3.8, 4) is 11.5 Å². The molecule has 0 saturated carbocycles. The predicted octanol–water partition coefficient (Wildman–Crippen LogP) is 4.23. The maximum Gasteiger partial charge on any atom is 0.343 e. The second-order valence-electron chi connectivity index (χ2n) is 5.09. The summed E-state index contributed by atoms with van der Waals surface area (Å²) in [5.74, 6) is 0.687. The lowest BCUT2D eigenvalue weighted by Crippen LogP contribution is -2.05. The molecule has 4 nitrogen and oxygen atoms in total. The Hall–Kier alpha value is -2.62. The summed E-state index contributed by atoms with van der Waals surface area (Å²) in [4.78, 5) is 16.3. The van der Waals surface area contributed by atoms with E-state index in [2.05, 4.69) is 11.1 Å². The summed E-state index contributed by atoms with van der Waals surface area (Å²) >= 11 is 0. The molecule has 1 aliphatic carbocycles. The molecule has 0 atom stereocenters. The number of aromatic nitrogens is 1. The van der Waals surface area contributed by atoms with Crippen LogP contribution in [0.1, 0.15) is 35.3 Å². The van der Waals surface area contributed by atoms with Gasteiger partial charge >= 0.3 is 5.97 Å². The van der Waals surface area contributed by atoms with Crippen LogP contribution in [0, 0.1) is 0 Å². The molecule has 0 spiro atoms. The predicted molar refractivity (Wildman–Crippen MR) is 83.9 cm³/mol. The van der Waals surface area contributed by atoms with Crippen LogP contribution in [0.15, 0.2) is 48.7 Å². The highest BCUT2D eigenvalue weighted by atomic mass is 16.5. The van der Waals surface area contributed by atoms with Gasteiger partial charge in [-0.1, -0.05) is 24.3 Å². The van der Waals surface area contributed by atoms with Gasteiger partial charge in [0.15, 0.2) is 0 Å². The number of ether oxygens (including phenoxy) is 2. The summed E-state index contributed by atoms with van der Waals surface area (Å²) in [6.07, 6.45) is 6.94. The second kappa shape index (κ2) is 6.43. The number of nitrogens with zero attached hydrogens (tertiary/aromatic N) is 1. The van der Waals surface area contributed by atoms with Crippen molar-refractivity contribution in [2.24, 2.45) is 0 Å². The molecule has 0 unspecified atom stereocenters. The molecule has 1 heterocycles. The first-order valence-corrected chi connectivity index (χ1v) is 7.28. The Morgan fingerprint density at radius 3 is 2.73 bits per heavy atom. The van der Waals surface area contributed by atoms with Crippen molar-refractivity contribution in [2.75, 3.05) is 7.11 Å². The molecule has 0 saturated heterocycles. The Morgan fingerprint density at radius 1 is 1.23 bits per heavy atom. The van der Waals surface area contributed by atoms with E-state index in [1.54, 1.807) is 0 Å². The van der Waals surface area contributed by atoms with Crippen LogP contribution >= 0.6 is 0 Å². The van der Waals surface area contributed by atoms with Gasteiger partial charge in [0.2, 0.25) is 0 Å². The molecule has 0 fully saturated rings. The van der Waals surface area contributed by atoms with E-state index in [0.29, 0.717) is 17.1 Å². The van der Waals surface area contributed by atoms with Gasteiger partial charge in [0.25, 0.3) is 0 Å². The lowest BCUT2D eigenvalue weighted by Gasteiger charge is -2.11. The molecule has 112 valence electrons. The minimum Gasteiger partial charge on any atom is -0.465 e. The molecule has 1 aliphatic rings. The zero-order valence-electron chi connectivity index (χ0n) is 12.4. The van der Waals surface area contributed by atoms with Crippen molar-refractivity contribution in [2.45, 2.75) is 19.3 Å². The van der Waals surface area contributed by atoms with Gasteiger partial charge in [-0.05, 0) is 37.0 Å². The van der Waals surface area contributed by atoms with E-state index in [0.717, 1.165) is 25.0 Å². The van der Waals surface area contributed by atoms with E-state index in [4.69, 9.17) is 9.47 Å². The molecule has 0 aliphatic heterocycles. The zero-order valence-corrected chi connectivity index (χ0v) is 12.4. The SMILES string of the molecule is COC(=O)c1cnc(C2=CCCC2)cc1Oc1ccccc1. The van der Waals surface area contributed by atoms with Crippen LogP contribution in [0.25, 0.3) is 5.57 Å². The van der Waals surface area contributed by atoms with Gasteiger partial charge in [0, 0.05) is 12.3 Å². The van der Waals surface area contributed by atoms with Gasteiger partial charge < -0.3 is 9.47 Å². The van der Waals surface area contributed by atoms with E-state index in [9.17, 15) is 4.79 Å². The smallest absolute Gasteiger partial charge is 0.343 e. The third-order valence-electron chi connectivity index (χ3n) is 3.61. The summed E-state index contributed by atoms with van der Waals surface area (Å²) < 4.78 is 10.7. The molecular weight excluding hydrogens is 278 g/mol. The van der Waals surface area contributed by atoms with E-state index in [1.165, 1.54) is 18.9 Å². The summed E-state index contributed by atoms with van der Waals surface area (Å²) in [6.45, 7) is 0. The van der Waals surface area contributed by atoms with E-state index < -0.39 is 5.97 Å². The summed E-state index contributed by atoms with van der Waals surface area (Å²) in [7, 11) is 1.35. The van der Waals surface area contributed by atoms with Gasteiger partial charge in [0.05, 0.1) is 12.8 Å². The van der Waals surface area contributed by atoms with Gasteiger partial charge in [-0.15, -0.1) is 0 Å². The Kier molecular flexibility index (Phi) is 4.19. The Labute approximate surface area is 129 Å². The van der Waals surface area contributed by atoms with Crippen molar-refractivity contribution in [1.82, 2.24) is 4.98 Å². The number of benzene rings is 1. The monoisotopic (exact) mass is 295 g/mol. The number of rotatable bonds is 4. The number of hydrogen-bond acceptors (Lipinski definition) is 4. The lowest BCUT2D eigenvalue weighted by molar-refractivity contribution is 0.0597. The number of hydrogen-bond donors (Lipinski definition) is 0. The number of esters is 1. The molecule has 0 radical (unpaired) electrons. The molecule has 1 aromatic carbocycles. The first-order chi connectivity index (χ1) is 10.8.